The van der Waals surface area contributed by atoms with Crippen LogP contribution >= 0.6 is 0 Å². The first-order valence-corrected chi connectivity index (χ1v) is 5.74. The van der Waals surface area contributed by atoms with Gasteiger partial charge in [-0.2, -0.15) is 4.21 Å². The molecule has 0 aromatic rings. The van der Waals surface area contributed by atoms with Crippen molar-refractivity contribution < 1.29 is 22.4 Å². The molecule has 0 saturated carbocycles. The lowest BCUT2D eigenvalue weighted by molar-refractivity contribution is -0.285. The third-order valence-corrected chi connectivity index (χ3v) is 2.54. The second-order valence-corrected chi connectivity index (χ2v) is 3.94. The standard InChI is InChI=1S/C8H16O5S/c1-3-4-5-8-7(2)10-6-11-14(9)13-12-8/h7-8H,3-6H2,1-2H3. The summed E-state index contributed by atoms with van der Waals surface area (Å²) in [7, 11) is 0. The normalized spacial score (nSPS) is 34.9. The van der Waals surface area contributed by atoms with E-state index in [1.54, 1.807) is 0 Å². The van der Waals surface area contributed by atoms with Crippen molar-refractivity contribution in [3.8, 4) is 0 Å². The summed E-state index contributed by atoms with van der Waals surface area (Å²) in [5.41, 5.74) is 0. The summed E-state index contributed by atoms with van der Waals surface area (Å²) in [4.78, 5) is 4.96. The molecular formula is C8H16O5S. The molecule has 84 valence electrons. The molecule has 0 amide bonds. The molecule has 0 spiro atoms. The van der Waals surface area contributed by atoms with Gasteiger partial charge in [-0.15, -0.1) is 4.33 Å². The van der Waals surface area contributed by atoms with E-state index < -0.39 is 11.4 Å². The molecule has 6 heteroatoms. The molecule has 0 N–H and O–H groups in total. The minimum absolute atomic E-state index is 0.0280. The molecular weight excluding hydrogens is 208 g/mol. The SMILES string of the molecule is CCCCC1OOS(=O)OCOC1C. The van der Waals surface area contributed by atoms with Crippen molar-refractivity contribution in [2.45, 2.75) is 45.3 Å². The fourth-order valence-electron chi connectivity index (χ4n) is 1.15. The molecule has 1 heterocycles. The molecule has 1 fully saturated rings. The molecule has 0 aromatic carbocycles. The maximum absolute atomic E-state index is 10.8. The van der Waals surface area contributed by atoms with Gasteiger partial charge < -0.3 is 4.74 Å². The summed E-state index contributed by atoms with van der Waals surface area (Å²) < 4.78 is 25.2. The molecule has 3 unspecified atom stereocenters. The van der Waals surface area contributed by atoms with Crippen molar-refractivity contribution in [1.82, 2.24) is 0 Å². The summed E-state index contributed by atoms with van der Waals surface area (Å²) in [6, 6.07) is 0. The van der Waals surface area contributed by atoms with Crippen LogP contribution in [0, 0.1) is 0 Å². The van der Waals surface area contributed by atoms with Crippen molar-refractivity contribution >= 4 is 11.4 Å². The maximum Gasteiger partial charge on any atom is 0.336 e. The maximum atomic E-state index is 10.8. The van der Waals surface area contributed by atoms with Crippen LogP contribution in [0.4, 0.5) is 0 Å². The monoisotopic (exact) mass is 224 g/mol. The van der Waals surface area contributed by atoms with Gasteiger partial charge in [0.05, 0.1) is 6.10 Å². The lowest BCUT2D eigenvalue weighted by atomic mass is 10.1. The Morgan fingerprint density at radius 2 is 2.29 bits per heavy atom. The van der Waals surface area contributed by atoms with Crippen LogP contribution in [-0.4, -0.2) is 23.2 Å². The Morgan fingerprint density at radius 1 is 1.50 bits per heavy atom. The Labute approximate surface area is 86.5 Å². The smallest absolute Gasteiger partial charge is 0.336 e. The van der Waals surface area contributed by atoms with Crippen LogP contribution in [0.2, 0.25) is 0 Å². The first-order chi connectivity index (χ1) is 6.74. The van der Waals surface area contributed by atoms with E-state index in [1.807, 2.05) is 6.92 Å². The summed E-state index contributed by atoms with van der Waals surface area (Å²) in [5, 5.41) is 0. The highest BCUT2D eigenvalue weighted by Crippen LogP contribution is 2.15. The highest BCUT2D eigenvalue weighted by atomic mass is 32.2. The van der Waals surface area contributed by atoms with E-state index in [0.717, 1.165) is 19.3 Å². The van der Waals surface area contributed by atoms with Crippen molar-refractivity contribution in [3.63, 3.8) is 0 Å². The lowest BCUT2D eigenvalue weighted by Crippen LogP contribution is -2.33. The molecule has 1 aliphatic heterocycles. The van der Waals surface area contributed by atoms with Gasteiger partial charge in [-0.25, -0.2) is 9.07 Å². The molecule has 5 nitrogen and oxygen atoms in total. The van der Waals surface area contributed by atoms with Crippen LogP contribution in [-0.2, 0) is 29.5 Å². The van der Waals surface area contributed by atoms with Gasteiger partial charge in [0.15, 0.2) is 6.79 Å². The summed E-state index contributed by atoms with van der Waals surface area (Å²) in [6.07, 6.45) is 2.64. The molecule has 3 atom stereocenters. The van der Waals surface area contributed by atoms with Gasteiger partial charge >= 0.3 is 11.4 Å². The topological polar surface area (TPSA) is 54.0 Å². The van der Waals surface area contributed by atoms with Crippen molar-refractivity contribution in [3.05, 3.63) is 0 Å². The predicted octanol–water partition coefficient (Wildman–Crippen LogP) is 1.46. The summed E-state index contributed by atoms with van der Waals surface area (Å²) in [5.74, 6) is 0. The Kier molecular flexibility index (Phi) is 5.57. The van der Waals surface area contributed by atoms with Gasteiger partial charge in [0.1, 0.15) is 6.10 Å². The Balaban J connectivity index is 2.39. The van der Waals surface area contributed by atoms with Crippen LogP contribution in [0.1, 0.15) is 33.1 Å². The lowest BCUT2D eigenvalue weighted by Gasteiger charge is -2.24. The number of rotatable bonds is 3. The van der Waals surface area contributed by atoms with Crippen LogP contribution < -0.4 is 0 Å². The third kappa shape index (κ3) is 4.02. The van der Waals surface area contributed by atoms with Crippen LogP contribution in [0.5, 0.6) is 0 Å². The highest BCUT2D eigenvalue weighted by molar-refractivity contribution is 7.75. The number of ether oxygens (including phenoxy) is 1. The molecule has 0 bridgehead atoms. The minimum Gasteiger partial charge on any atom is -0.348 e. The first kappa shape index (κ1) is 12.1. The van der Waals surface area contributed by atoms with Crippen LogP contribution in [0.25, 0.3) is 0 Å². The first-order valence-electron chi connectivity index (χ1n) is 4.74. The highest BCUT2D eigenvalue weighted by Gasteiger charge is 2.23. The van der Waals surface area contributed by atoms with Crippen LogP contribution in [0.3, 0.4) is 0 Å². The van der Waals surface area contributed by atoms with E-state index in [-0.39, 0.29) is 19.0 Å². The van der Waals surface area contributed by atoms with Gasteiger partial charge in [-0.3, -0.25) is 0 Å². The Hall–Kier alpha value is -0.0100. The molecule has 14 heavy (non-hydrogen) atoms. The molecule has 0 aliphatic carbocycles. The summed E-state index contributed by atoms with van der Waals surface area (Å²) >= 11 is -1.86. The van der Waals surface area contributed by atoms with Crippen LogP contribution in [0.15, 0.2) is 0 Å². The van der Waals surface area contributed by atoms with Gasteiger partial charge in [0.2, 0.25) is 0 Å². The molecule has 1 aliphatic rings. The minimum atomic E-state index is -1.86. The summed E-state index contributed by atoms with van der Waals surface area (Å²) in [6.45, 7) is 3.94. The van der Waals surface area contributed by atoms with Crippen molar-refractivity contribution in [2.24, 2.45) is 0 Å². The van der Waals surface area contributed by atoms with Gasteiger partial charge in [0, 0.05) is 0 Å². The quantitative estimate of drug-likeness (QED) is 0.679. The van der Waals surface area contributed by atoms with Crippen molar-refractivity contribution in [2.75, 3.05) is 6.79 Å². The van der Waals surface area contributed by atoms with Gasteiger partial charge in [-0.05, 0) is 13.3 Å². The zero-order valence-corrected chi connectivity index (χ0v) is 9.25. The molecule has 1 rings (SSSR count). The van der Waals surface area contributed by atoms with E-state index >= 15 is 0 Å². The molecule has 0 radical (unpaired) electrons. The number of unbranched alkanes of at least 4 members (excludes halogenated alkanes) is 1. The second-order valence-electron chi connectivity index (χ2n) is 3.16. The van der Waals surface area contributed by atoms with E-state index in [4.69, 9.17) is 9.62 Å². The zero-order valence-electron chi connectivity index (χ0n) is 8.43. The van der Waals surface area contributed by atoms with Gasteiger partial charge in [0.25, 0.3) is 0 Å². The number of hydrogen-bond acceptors (Lipinski definition) is 5. The average Bonchev–Trinajstić information content (AvgIpc) is 2.15. The van der Waals surface area contributed by atoms with E-state index in [1.165, 1.54) is 0 Å². The van der Waals surface area contributed by atoms with E-state index in [9.17, 15) is 4.21 Å². The largest absolute Gasteiger partial charge is 0.348 e. The van der Waals surface area contributed by atoms with Crippen molar-refractivity contribution in [1.29, 1.82) is 0 Å². The fraction of sp³-hybridized carbons (Fsp3) is 1.00. The number of hydrogen-bond donors (Lipinski definition) is 0. The average molecular weight is 224 g/mol. The second kappa shape index (κ2) is 6.47. The van der Waals surface area contributed by atoms with E-state index in [0.29, 0.717) is 0 Å². The molecule has 0 aromatic heterocycles. The third-order valence-electron chi connectivity index (χ3n) is 2.06. The van der Waals surface area contributed by atoms with E-state index in [2.05, 4.69) is 15.4 Å². The fourth-order valence-corrected chi connectivity index (χ4v) is 1.49. The zero-order chi connectivity index (χ0) is 10.4. The predicted molar refractivity (Wildman–Crippen MR) is 50.1 cm³/mol. The Bertz CT molecular complexity index is 187. The Morgan fingerprint density at radius 3 is 3.00 bits per heavy atom. The molecule has 1 saturated heterocycles. The van der Waals surface area contributed by atoms with Gasteiger partial charge in [-0.1, -0.05) is 19.8 Å².